The van der Waals surface area contributed by atoms with E-state index in [1.165, 1.54) is 19.2 Å². The van der Waals surface area contributed by atoms with Gasteiger partial charge in [-0.05, 0) is 24.3 Å². The van der Waals surface area contributed by atoms with Crippen LogP contribution in [0.5, 0.6) is 0 Å². The molecule has 0 aliphatic rings. The Kier molecular flexibility index (Phi) is 4.75. The normalized spacial score (nSPS) is 12.1. The van der Waals surface area contributed by atoms with Crippen molar-refractivity contribution in [3.05, 3.63) is 29.8 Å². The highest BCUT2D eigenvalue weighted by molar-refractivity contribution is 5.87. The van der Waals surface area contributed by atoms with Gasteiger partial charge in [0, 0.05) is 19.3 Å². The van der Waals surface area contributed by atoms with E-state index < -0.39 is 12.1 Å². The van der Waals surface area contributed by atoms with Gasteiger partial charge in [-0.1, -0.05) is 0 Å². The zero-order valence-corrected chi connectivity index (χ0v) is 9.01. The van der Waals surface area contributed by atoms with Crippen molar-refractivity contribution in [1.82, 2.24) is 0 Å². The second-order valence-electron chi connectivity index (χ2n) is 3.37. The molecule has 0 fully saturated rings. The van der Waals surface area contributed by atoms with Gasteiger partial charge in [0.25, 0.3) is 0 Å². The van der Waals surface area contributed by atoms with Crippen molar-refractivity contribution in [1.29, 1.82) is 0 Å². The lowest BCUT2D eigenvalue weighted by Crippen LogP contribution is -2.24. The van der Waals surface area contributed by atoms with Gasteiger partial charge in [-0.3, -0.25) is 0 Å². The van der Waals surface area contributed by atoms with E-state index in [1.807, 2.05) is 0 Å². The Morgan fingerprint density at radius 2 is 2.06 bits per heavy atom. The average molecular weight is 225 g/mol. The Morgan fingerprint density at radius 1 is 1.44 bits per heavy atom. The number of aliphatic hydroxyl groups is 1. The first-order valence-electron chi connectivity index (χ1n) is 4.87. The molecule has 0 saturated heterocycles. The van der Waals surface area contributed by atoms with Crippen LogP contribution >= 0.6 is 0 Å². The second-order valence-corrected chi connectivity index (χ2v) is 3.37. The molecule has 1 atom stereocenters. The van der Waals surface area contributed by atoms with Gasteiger partial charge in [0.05, 0.1) is 18.3 Å². The van der Waals surface area contributed by atoms with Crippen molar-refractivity contribution in [2.24, 2.45) is 0 Å². The van der Waals surface area contributed by atoms with Crippen LogP contribution in [0.1, 0.15) is 10.4 Å². The molecule has 5 nitrogen and oxygen atoms in total. The minimum atomic E-state index is -0.953. The van der Waals surface area contributed by atoms with Crippen LogP contribution in [-0.4, -0.2) is 42.5 Å². The molecule has 0 aliphatic carbocycles. The predicted octanol–water partition coefficient (Wildman–Crippen LogP) is 0.804. The highest BCUT2D eigenvalue weighted by atomic mass is 16.5. The number of aliphatic hydroxyl groups excluding tert-OH is 1. The predicted molar refractivity (Wildman–Crippen MR) is 59.8 cm³/mol. The fourth-order valence-electron chi connectivity index (χ4n) is 1.22. The molecular formula is C11H15NO4. The number of hydrogen-bond acceptors (Lipinski definition) is 4. The number of benzene rings is 1. The molecule has 16 heavy (non-hydrogen) atoms. The summed E-state index contributed by atoms with van der Waals surface area (Å²) in [7, 11) is 1.52. The summed E-state index contributed by atoms with van der Waals surface area (Å²) in [6.45, 7) is 0.625. The Hall–Kier alpha value is -1.59. The molecule has 0 saturated carbocycles. The van der Waals surface area contributed by atoms with Crippen molar-refractivity contribution >= 4 is 11.7 Å². The smallest absolute Gasteiger partial charge is 0.335 e. The molecule has 1 aromatic carbocycles. The van der Waals surface area contributed by atoms with E-state index in [2.05, 4.69) is 5.32 Å². The van der Waals surface area contributed by atoms with E-state index >= 15 is 0 Å². The number of hydrogen-bond donors (Lipinski definition) is 3. The molecule has 0 aliphatic heterocycles. The number of rotatable bonds is 6. The van der Waals surface area contributed by atoms with Gasteiger partial charge >= 0.3 is 5.97 Å². The van der Waals surface area contributed by atoms with E-state index in [-0.39, 0.29) is 12.2 Å². The summed E-state index contributed by atoms with van der Waals surface area (Å²) in [6, 6.07) is 6.33. The van der Waals surface area contributed by atoms with Gasteiger partial charge in [-0.2, -0.15) is 0 Å². The van der Waals surface area contributed by atoms with Crippen molar-refractivity contribution in [3.63, 3.8) is 0 Å². The minimum Gasteiger partial charge on any atom is -0.478 e. The van der Waals surface area contributed by atoms with Crippen LogP contribution in [0.3, 0.4) is 0 Å². The number of aromatic carboxylic acids is 1. The van der Waals surface area contributed by atoms with Crippen molar-refractivity contribution in [3.8, 4) is 0 Å². The largest absolute Gasteiger partial charge is 0.478 e. The highest BCUT2D eigenvalue weighted by Crippen LogP contribution is 2.09. The summed E-state index contributed by atoms with van der Waals surface area (Å²) in [5.74, 6) is -0.953. The summed E-state index contributed by atoms with van der Waals surface area (Å²) in [5.41, 5.74) is 1.00. The maximum Gasteiger partial charge on any atom is 0.335 e. The van der Waals surface area contributed by atoms with Crippen LogP contribution in [0.2, 0.25) is 0 Å². The molecular weight excluding hydrogens is 210 g/mol. The number of ether oxygens (including phenoxy) is 1. The monoisotopic (exact) mass is 225 g/mol. The number of carboxylic acids is 1. The summed E-state index contributed by atoms with van der Waals surface area (Å²) in [4.78, 5) is 10.6. The molecule has 5 heteroatoms. The third-order valence-electron chi connectivity index (χ3n) is 2.03. The first-order valence-corrected chi connectivity index (χ1v) is 4.87. The third kappa shape index (κ3) is 3.88. The van der Waals surface area contributed by atoms with Crippen LogP contribution in [0.15, 0.2) is 24.3 Å². The average Bonchev–Trinajstić information content (AvgIpc) is 2.27. The Bertz CT molecular complexity index is 336. The Labute approximate surface area is 93.7 Å². The topological polar surface area (TPSA) is 78.8 Å². The standard InChI is InChI=1S/C11H15NO4/c1-16-7-10(13)6-12-9-4-2-8(3-5-9)11(14)15/h2-5,10,12-13H,6-7H2,1H3,(H,14,15). The molecule has 1 aromatic rings. The molecule has 1 rings (SSSR count). The Morgan fingerprint density at radius 3 is 2.56 bits per heavy atom. The number of carbonyl (C=O) groups is 1. The molecule has 1 unspecified atom stereocenters. The van der Waals surface area contributed by atoms with Crippen molar-refractivity contribution in [2.45, 2.75) is 6.10 Å². The van der Waals surface area contributed by atoms with Gasteiger partial charge in [0.15, 0.2) is 0 Å². The summed E-state index contributed by atoms with van der Waals surface area (Å²) < 4.78 is 4.77. The molecule has 0 radical (unpaired) electrons. The van der Waals surface area contributed by atoms with Crippen LogP contribution in [0, 0.1) is 0 Å². The SMILES string of the molecule is COCC(O)CNc1ccc(C(=O)O)cc1. The first-order chi connectivity index (χ1) is 7.63. The summed E-state index contributed by atoms with van der Waals surface area (Å²) >= 11 is 0. The third-order valence-corrected chi connectivity index (χ3v) is 2.03. The van der Waals surface area contributed by atoms with Gasteiger partial charge in [0.1, 0.15) is 0 Å². The lowest BCUT2D eigenvalue weighted by Gasteiger charge is -2.11. The van der Waals surface area contributed by atoms with Crippen LogP contribution < -0.4 is 5.32 Å². The molecule has 0 bridgehead atoms. The van der Waals surface area contributed by atoms with Crippen molar-refractivity contribution in [2.75, 3.05) is 25.6 Å². The fraction of sp³-hybridized carbons (Fsp3) is 0.364. The van der Waals surface area contributed by atoms with Gasteiger partial charge in [-0.15, -0.1) is 0 Å². The van der Waals surface area contributed by atoms with E-state index in [9.17, 15) is 9.90 Å². The molecule has 0 spiro atoms. The number of methoxy groups -OCH3 is 1. The molecule has 0 amide bonds. The van der Waals surface area contributed by atoms with E-state index in [0.717, 1.165) is 5.69 Å². The maximum atomic E-state index is 10.6. The van der Waals surface area contributed by atoms with Gasteiger partial charge in [-0.25, -0.2) is 4.79 Å². The molecule has 3 N–H and O–H groups in total. The highest BCUT2D eigenvalue weighted by Gasteiger charge is 2.04. The maximum absolute atomic E-state index is 10.6. The van der Waals surface area contributed by atoms with Gasteiger partial charge in [0.2, 0.25) is 0 Å². The summed E-state index contributed by atoms with van der Waals surface area (Å²) in [6.07, 6.45) is -0.579. The minimum absolute atomic E-state index is 0.239. The fourth-order valence-corrected chi connectivity index (χ4v) is 1.22. The first kappa shape index (κ1) is 12.5. The molecule has 0 heterocycles. The lowest BCUT2D eigenvalue weighted by atomic mass is 10.2. The second kappa shape index (κ2) is 6.09. The molecule has 0 aromatic heterocycles. The zero-order valence-electron chi connectivity index (χ0n) is 9.01. The molecule has 88 valence electrons. The number of carboxylic acid groups (broad SMARTS) is 1. The van der Waals surface area contributed by atoms with E-state index in [4.69, 9.17) is 9.84 Å². The quantitative estimate of drug-likeness (QED) is 0.667. The number of anilines is 1. The Balaban J connectivity index is 2.46. The van der Waals surface area contributed by atoms with Crippen molar-refractivity contribution < 1.29 is 19.7 Å². The number of nitrogens with one attached hydrogen (secondary N) is 1. The summed E-state index contributed by atoms with van der Waals surface area (Å²) in [5, 5.41) is 21.0. The van der Waals surface area contributed by atoms with E-state index in [0.29, 0.717) is 6.54 Å². The van der Waals surface area contributed by atoms with E-state index in [1.54, 1.807) is 12.1 Å². The zero-order chi connectivity index (χ0) is 12.0. The van der Waals surface area contributed by atoms with Gasteiger partial charge < -0.3 is 20.3 Å². The lowest BCUT2D eigenvalue weighted by molar-refractivity contribution is 0.0696. The van der Waals surface area contributed by atoms with Crippen LogP contribution in [0.4, 0.5) is 5.69 Å². The van der Waals surface area contributed by atoms with Crippen LogP contribution in [-0.2, 0) is 4.74 Å². The van der Waals surface area contributed by atoms with Crippen LogP contribution in [0.25, 0.3) is 0 Å².